The molecule has 3 amide bonds. The number of nitrogens with zero attached hydrogens (tertiary/aromatic N) is 1. The number of carbonyl (C=O) groups excluding carboxylic acids is 3. The van der Waals surface area contributed by atoms with Crippen molar-refractivity contribution in [3.8, 4) is 0 Å². The van der Waals surface area contributed by atoms with Gasteiger partial charge >= 0.3 is 5.97 Å². The molecule has 9 nitrogen and oxygen atoms in total. The third-order valence-corrected chi connectivity index (χ3v) is 6.15. The van der Waals surface area contributed by atoms with E-state index < -0.39 is 29.4 Å². The first-order valence-corrected chi connectivity index (χ1v) is 11.5. The minimum Gasteiger partial charge on any atom is -0.478 e. The molecule has 0 aliphatic carbocycles. The van der Waals surface area contributed by atoms with E-state index in [1.54, 1.807) is 4.90 Å². The molecule has 0 aromatic heterocycles. The number of nitrogens with one attached hydrogen (secondary N) is 3. The molecule has 0 spiro atoms. The Morgan fingerprint density at radius 3 is 2.42 bits per heavy atom. The van der Waals surface area contributed by atoms with Gasteiger partial charge in [-0.25, -0.2) is 4.79 Å². The van der Waals surface area contributed by atoms with Crippen molar-refractivity contribution in [2.75, 3.05) is 26.2 Å². The predicted molar refractivity (Wildman–Crippen MR) is 116 cm³/mol. The average molecular weight is 439 g/mol. The minimum atomic E-state index is -1.88. The quantitative estimate of drug-likeness (QED) is 0.399. The van der Waals surface area contributed by atoms with Gasteiger partial charge in [0.05, 0.1) is 5.92 Å². The summed E-state index contributed by atoms with van der Waals surface area (Å²) in [6.45, 7) is 7.89. The van der Waals surface area contributed by atoms with Crippen LogP contribution in [-0.4, -0.2) is 65.5 Å². The molecule has 0 saturated carbocycles. The van der Waals surface area contributed by atoms with Crippen LogP contribution in [0.25, 0.3) is 0 Å². The van der Waals surface area contributed by atoms with Crippen LogP contribution in [0.15, 0.2) is 0 Å². The average Bonchev–Trinajstić information content (AvgIpc) is 2.72. The number of rotatable bonds is 9. The third-order valence-electron chi connectivity index (χ3n) is 6.15. The first kappa shape index (κ1) is 25.1. The normalized spacial score (nSPS) is 21.9. The molecule has 9 heteroatoms. The molecule has 176 valence electrons. The van der Waals surface area contributed by atoms with E-state index in [4.69, 9.17) is 0 Å². The van der Waals surface area contributed by atoms with Crippen molar-refractivity contribution in [3.05, 3.63) is 0 Å². The summed E-state index contributed by atoms with van der Waals surface area (Å²) in [4.78, 5) is 51.1. The van der Waals surface area contributed by atoms with Gasteiger partial charge in [-0.05, 0) is 64.0 Å². The van der Waals surface area contributed by atoms with E-state index in [2.05, 4.69) is 16.0 Å². The van der Waals surface area contributed by atoms with Crippen LogP contribution in [0.4, 0.5) is 0 Å². The third kappa shape index (κ3) is 7.79. The molecule has 0 aromatic carbocycles. The maximum absolute atomic E-state index is 12.8. The lowest BCUT2D eigenvalue weighted by atomic mass is 9.92. The van der Waals surface area contributed by atoms with Gasteiger partial charge in [-0.3, -0.25) is 14.4 Å². The molecule has 0 bridgehead atoms. The fourth-order valence-electron chi connectivity index (χ4n) is 4.26. The lowest BCUT2D eigenvalue weighted by Gasteiger charge is -2.35. The largest absolute Gasteiger partial charge is 0.478 e. The van der Waals surface area contributed by atoms with Crippen molar-refractivity contribution in [2.24, 2.45) is 17.8 Å². The number of carbonyl (C=O) groups is 4. The predicted octanol–water partition coefficient (Wildman–Crippen LogP) is 1.08. The summed E-state index contributed by atoms with van der Waals surface area (Å²) in [7, 11) is 0. The Hall–Kier alpha value is -2.16. The Labute approximate surface area is 184 Å². The molecular weight excluding hydrogens is 400 g/mol. The number of piperidine rings is 2. The second-order valence-electron chi connectivity index (χ2n) is 9.48. The summed E-state index contributed by atoms with van der Waals surface area (Å²) in [6, 6.07) is 0. The van der Waals surface area contributed by atoms with E-state index in [-0.39, 0.29) is 24.8 Å². The van der Waals surface area contributed by atoms with Gasteiger partial charge in [0.15, 0.2) is 0 Å². The van der Waals surface area contributed by atoms with E-state index >= 15 is 0 Å². The molecule has 2 heterocycles. The van der Waals surface area contributed by atoms with Gasteiger partial charge in [-0.1, -0.05) is 13.8 Å². The zero-order chi connectivity index (χ0) is 23.0. The summed E-state index contributed by atoms with van der Waals surface area (Å²) in [5, 5.41) is 17.8. The summed E-state index contributed by atoms with van der Waals surface area (Å²) < 4.78 is 0. The molecule has 2 atom stereocenters. The highest BCUT2D eigenvalue weighted by Gasteiger charge is 2.39. The molecular formula is C22H38N4O5. The lowest BCUT2D eigenvalue weighted by molar-refractivity contribution is -0.152. The van der Waals surface area contributed by atoms with E-state index in [0.717, 1.165) is 32.4 Å². The van der Waals surface area contributed by atoms with Crippen molar-refractivity contribution >= 4 is 23.7 Å². The second kappa shape index (κ2) is 11.5. The monoisotopic (exact) mass is 438 g/mol. The molecule has 2 aliphatic heterocycles. The molecule has 4 N–H and O–H groups in total. The minimum absolute atomic E-state index is 0.0577. The van der Waals surface area contributed by atoms with Crippen LogP contribution in [0.2, 0.25) is 0 Å². The second-order valence-corrected chi connectivity index (χ2v) is 9.48. The molecule has 2 saturated heterocycles. The highest BCUT2D eigenvalue weighted by atomic mass is 16.4. The highest BCUT2D eigenvalue weighted by Crippen LogP contribution is 2.22. The van der Waals surface area contributed by atoms with Gasteiger partial charge in [-0.2, -0.15) is 0 Å². The Kier molecular flexibility index (Phi) is 9.28. The Morgan fingerprint density at radius 2 is 1.81 bits per heavy atom. The van der Waals surface area contributed by atoms with E-state index in [1.165, 1.54) is 6.92 Å². The summed E-state index contributed by atoms with van der Waals surface area (Å²) in [6.07, 6.45) is 4.98. The first-order valence-electron chi connectivity index (χ1n) is 11.5. The summed E-state index contributed by atoms with van der Waals surface area (Å²) in [5.41, 5.74) is -1.88. The number of amides is 3. The molecule has 2 aliphatic rings. The number of carboxylic acid groups (broad SMARTS) is 1. The van der Waals surface area contributed by atoms with Gasteiger partial charge in [-0.15, -0.1) is 0 Å². The number of carboxylic acids is 1. The van der Waals surface area contributed by atoms with E-state index in [0.29, 0.717) is 31.7 Å². The fraction of sp³-hybridized carbons (Fsp3) is 0.818. The van der Waals surface area contributed by atoms with Crippen molar-refractivity contribution < 1.29 is 24.3 Å². The van der Waals surface area contributed by atoms with Crippen LogP contribution in [-0.2, 0) is 19.2 Å². The zero-order valence-corrected chi connectivity index (χ0v) is 19.0. The summed E-state index contributed by atoms with van der Waals surface area (Å²) >= 11 is 0. The maximum Gasteiger partial charge on any atom is 0.350 e. The van der Waals surface area contributed by atoms with Gasteiger partial charge < -0.3 is 26.0 Å². The molecule has 2 rings (SSSR count). The standard InChI is InChI=1S/C22H38N4O5/c1-15(2)13-18(27)24-22(3,21(30)31)25-20(29)17-5-4-12-26(14-17)19(28)7-6-16-8-10-23-11-9-16/h15-17,23H,4-14H2,1-3H3,(H,24,27)(H,25,29)(H,30,31)/t17-,22-/m1/s1. The van der Waals surface area contributed by atoms with E-state index in [1.807, 2.05) is 13.8 Å². The smallest absolute Gasteiger partial charge is 0.350 e. The van der Waals surface area contributed by atoms with Gasteiger partial charge in [0.25, 0.3) is 0 Å². The molecule has 31 heavy (non-hydrogen) atoms. The van der Waals surface area contributed by atoms with Gasteiger partial charge in [0, 0.05) is 25.9 Å². The van der Waals surface area contributed by atoms with Gasteiger partial charge in [0.2, 0.25) is 23.4 Å². The van der Waals surface area contributed by atoms with Crippen LogP contribution in [0.3, 0.4) is 0 Å². The Morgan fingerprint density at radius 1 is 1.13 bits per heavy atom. The zero-order valence-electron chi connectivity index (χ0n) is 19.0. The fourth-order valence-corrected chi connectivity index (χ4v) is 4.26. The number of likely N-dealkylation sites (tertiary alicyclic amines) is 1. The Bertz CT molecular complexity index is 662. The van der Waals surface area contributed by atoms with Crippen LogP contribution in [0.5, 0.6) is 0 Å². The highest BCUT2D eigenvalue weighted by molar-refractivity contribution is 5.91. The number of hydrogen-bond acceptors (Lipinski definition) is 5. The number of hydrogen-bond donors (Lipinski definition) is 4. The maximum atomic E-state index is 12.8. The molecule has 2 fully saturated rings. The van der Waals surface area contributed by atoms with Crippen molar-refractivity contribution in [2.45, 2.75) is 71.4 Å². The topological polar surface area (TPSA) is 128 Å². The van der Waals surface area contributed by atoms with Crippen LogP contribution in [0.1, 0.15) is 65.7 Å². The molecule has 0 unspecified atom stereocenters. The van der Waals surface area contributed by atoms with Crippen molar-refractivity contribution in [1.29, 1.82) is 0 Å². The van der Waals surface area contributed by atoms with Crippen LogP contribution < -0.4 is 16.0 Å². The summed E-state index contributed by atoms with van der Waals surface area (Å²) in [5.74, 6) is -2.01. The van der Waals surface area contributed by atoms with Gasteiger partial charge in [0.1, 0.15) is 0 Å². The first-order chi connectivity index (χ1) is 14.6. The lowest BCUT2D eigenvalue weighted by Crippen LogP contribution is -2.65. The van der Waals surface area contributed by atoms with Crippen LogP contribution in [0, 0.1) is 17.8 Å². The van der Waals surface area contributed by atoms with Crippen LogP contribution >= 0.6 is 0 Å². The van der Waals surface area contributed by atoms with Crippen molar-refractivity contribution in [3.63, 3.8) is 0 Å². The Balaban J connectivity index is 1.90. The van der Waals surface area contributed by atoms with Crippen molar-refractivity contribution in [1.82, 2.24) is 20.9 Å². The van der Waals surface area contributed by atoms with E-state index in [9.17, 15) is 24.3 Å². The number of aliphatic carboxylic acids is 1. The SMILES string of the molecule is CC(C)CC(=O)N[C@](C)(NC(=O)[C@@H]1CCCN(C(=O)CCC2CCNCC2)C1)C(=O)O. The molecule has 0 radical (unpaired) electrons. The molecule has 0 aromatic rings.